The third-order valence-electron chi connectivity index (χ3n) is 2.80. The summed E-state index contributed by atoms with van der Waals surface area (Å²) in [5.74, 6) is -1.53. The van der Waals surface area contributed by atoms with Crippen LogP contribution in [-0.2, 0) is 25.6 Å². The highest BCUT2D eigenvalue weighted by Gasteiger charge is 2.32. The predicted molar refractivity (Wildman–Crippen MR) is 66.4 cm³/mol. The largest absolute Gasteiger partial charge is 0.399 e. The molecular formula is C13H14N2O4. The number of hydroxylamine groups is 2. The maximum absolute atomic E-state index is 11.5. The fourth-order valence-electron chi connectivity index (χ4n) is 1.74. The number of nitrogens with zero attached hydrogens (tertiary/aromatic N) is 1. The minimum Gasteiger partial charge on any atom is -0.399 e. The fraction of sp³-hybridized carbons (Fsp3) is 0.308. The van der Waals surface area contributed by atoms with Crippen LogP contribution in [0.25, 0.3) is 0 Å². The lowest BCUT2D eigenvalue weighted by molar-refractivity contribution is -0.197. The minimum absolute atomic E-state index is 0.0982. The van der Waals surface area contributed by atoms with E-state index in [-0.39, 0.29) is 19.3 Å². The number of aryl methyl sites for hydroxylation is 1. The van der Waals surface area contributed by atoms with Gasteiger partial charge in [0, 0.05) is 18.5 Å². The molecule has 1 fully saturated rings. The maximum atomic E-state index is 11.5. The molecule has 1 aliphatic heterocycles. The van der Waals surface area contributed by atoms with Gasteiger partial charge in [-0.25, -0.2) is 4.79 Å². The zero-order valence-electron chi connectivity index (χ0n) is 10.3. The van der Waals surface area contributed by atoms with Crippen molar-refractivity contribution in [3.05, 3.63) is 29.8 Å². The molecule has 1 aromatic rings. The molecule has 1 heterocycles. The molecule has 0 aliphatic carbocycles. The van der Waals surface area contributed by atoms with E-state index in [9.17, 15) is 14.4 Å². The van der Waals surface area contributed by atoms with E-state index in [1.807, 2.05) is 12.1 Å². The van der Waals surface area contributed by atoms with Gasteiger partial charge in [0.1, 0.15) is 0 Å². The number of carbonyl (C=O) groups excluding carboxylic acids is 3. The van der Waals surface area contributed by atoms with Gasteiger partial charge in [-0.2, -0.15) is 0 Å². The Bertz CT molecular complexity index is 494. The second-order valence-electron chi connectivity index (χ2n) is 4.29. The van der Waals surface area contributed by atoms with Crippen LogP contribution in [0.5, 0.6) is 0 Å². The second-order valence-corrected chi connectivity index (χ2v) is 4.29. The topological polar surface area (TPSA) is 89.7 Å². The molecule has 2 N–H and O–H groups in total. The van der Waals surface area contributed by atoms with Crippen LogP contribution in [0.15, 0.2) is 24.3 Å². The van der Waals surface area contributed by atoms with E-state index < -0.39 is 17.8 Å². The fourth-order valence-corrected chi connectivity index (χ4v) is 1.74. The first kappa shape index (κ1) is 13.1. The highest BCUT2D eigenvalue weighted by Crippen LogP contribution is 2.13. The van der Waals surface area contributed by atoms with Gasteiger partial charge >= 0.3 is 5.97 Å². The van der Waals surface area contributed by atoms with Crippen LogP contribution in [0.3, 0.4) is 0 Å². The van der Waals surface area contributed by atoms with Crippen molar-refractivity contribution in [2.75, 3.05) is 5.73 Å². The van der Waals surface area contributed by atoms with Gasteiger partial charge in [-0.3, -0.25) is 9.59 Å². The standard InChI is InChI=1S/C13H14N2O4/c14-10-4-1-9(2-5-10)3-8-13(18)19-15-11(16)6-7-12(15)17/h1-2,4-5H,3,6-8,14H2. The van der Waals surface area contributed by atoms with Crippen LogP contribution in [0.1, 0.15) is 24.8 Å². The zero-order chi connectivity index (χ0) is 13.8. The van der Waals surface area contributed by atoms with Gasteiger partial charge in [-0.1, -0.05) is 12.1 Å². The van der Waals surface area contributed by atoms with E-state index in [0.29, 0.717) is 17.2 Å². The number of amides is 2. The number of imide groups is 1. The van der Waals surface area contributed by atoms with Crippen LogP contribution in [0.2, 0.25) is 0 Å². The van der Waals surface area contributed by atoms with Gasteiger partial charge in [0.2, 0.25) is 0 Å². The molecule has 0 unspecified atom stereocenters. The van der Waals surface area contributed by atoms with Gasteiger partial charge < -0.3 is 10.6 Å². The smallest absolute Gasteiger partial charge is 0.333 e. The maximum Gasteiger partial charge on any atom is 0.333 e. The Morgan fingerprint density at radius 2 is 1.74 bits per heavy atom. The number of anilines is 1. The summed E-state index contributed by atoms with van der Waals surface area (Å²) in [4.78, 5) is 38.8. The van der Waals surface area contributed by atoms with Crippen LogP contribution in [0.4, 0.5) is 5.69 Å². The van der Waals surface area contributed by atoms with E-state index in [1.54, 1.807) is 12.1 Å². The molecule has 2 rings (SSSR count). The third-order valence-corrected chi connectivity index (χ3v) is 2.80. The van der Waals surface area contributed by atoms with Gasteiger partial charge in [0.05, 0.1) is 6.42 Å². The Hall–Kier alpha value is -2.37. The number of hydrogen-bond acceptors (Lipinski definition) is 5. The SMILES string of the molecule is Nc1ccc(CCC(=O)ON2C(=O)CCC2=O)cc1. The molecule has 1 aromatic carbocycles. The highest BCUT2D eigenvalue weighted by molar-refractivity contribution is 6.01. The summed E-state index contributed by atoms with van der Waals surface area (Å²) in [5.41, 5.74) is 7.14. The Kier molecular flexibility index (Phi) is 3.79. The average molecular weight is 262 g/mol. The minimum atomic E-state index is -0.597. The molecule has 0 bridgehead atoms. The van der Waals surface area contributed by atoms with Gasteiger partial charge in [-0.05, 0) is 24.1 Å². The molecule has 1 aliphatic rings. The molecule has 0 saturated carbocycles. The van der Waals surface area contributed by atoms with Crippen molar-refractivity contribution in [3.63, 3.8) is 0 Å². The van der Waals surface area contributed by atoms with Gasteiger partial charge in [0.15, 0.2) is 0 Å². The van der Waals surface area contributed by atoms with E-state index in [0.717, 1.165) is 5.56 Å². The van der Waals surface area contributed by atoms with E-state index in [2.05, 4.69) is 0 Å². The molecule has 100 valence electrons. The van der Waals surface area contributed by atoms with E-state index >= 15 is 0 Å². The number of carbonyl (C=O) groups is 3. The number of hydrogen-bond donors (Lipinski definition) is 1. The molecule has 0 spiro atoms. The molecule has 0 radical (unpaired) electrons. The highest BCUT2D eigenvalue weighted by atomic mass is 16.7. The first-order valence-electron chi connectivity index (χ1n) is 5.97. The van der Waals surface area contributed by atoms with Crippen molar-refractivity contribution in [2.45, 2.75) is 25.7 Å². The molecule has 6 nitrogen and oxygen atoms in total. The van der Waals surface area contributed by atoms with Gasteiger partial charge in [-0.15, -0.1) is 5.06 Å². The molecule has 19 heavy (non-hydrogen) atoms. The number of benzene rings is 1. The Balaban J connectivity index is 1.83. The third kappa shape index (κ3) is 3.31. The lowest BCUT2D eigenvalue weighted by Crippen LogP contribution is -2.32. The van der Waals surface area contributed by atoms with Crippen molar-refractivity contribution in [1.29, 1.82) is 0 Å². The first-order valence-corrected chi connectivity index (χ1v) is 5.97. The predicted octanol–water partition coefficient (Wildman–Crippen LogP) is 0.809. The number of rotatable bonds is 4. The summed E-state index contributed by atoms with van der Waals surface area (Å²) in [5, 5.41) is 0.561. The lowest BCUT2D eigenvalue weighted by atomic mass is 10.1. The molecular weight excluding hydrogens is 248 g/mol. The molecule has 0 aromatic heterocycles. The van der Waals surface area contributed by atoms with Crippen molar-refractivity contribution in [3.8, 4) is 0 Å². The molecule has 1 saturated heterocycles. The normalized spacial score (nSPS) is 14.8. The Morgan fingerprint density at radius 3 is 2.32 bits per heavy atom. The molecule has 0 atom stereocenters. The van der Waals surface area contributed by atoms with Crippen LogP contribution >= 0.6 is 0 Å². The number of nitrogens with two attached hydrogens (primary N) is 1. The summed E-state index contributed by atoms with van der Waals surface area (Å²) in [6.07, 6.45) is 0.768. The summed E-state index contributed by atoms with van der Waals surface area (Å²) in [6.45, 7) is 0. The summed E-state index contributed by atoms with van der Waals surface area (Å²) < 4.78 is 0. The van der Waals surface area contributed by atoms with Crippen molar-refractivity contribution < 1.29 is 19.2 Å². The van der Waals surface area contributed by atoms with Gasteiger partial charge in [0.25, 0.3) is 11.8 Å². The van der Waals surface area contributed by atoms with Crippen LogP contribution in [-0.4, -0.2) is 22.8 Å². The van der Waals surface area contributed by atoms with Crippen LogP contribution in [0, 0.1) is 0 Å². The molecule has 6 heteroatoms. The summed E-state index contributed by atoms with van der Waals surface area (Å²) in [6, 6.07) is 7.12. The van der Waals surface area contributed by atoms with Crippen molar-refractivity contribution >= 4 is 23.5 Å². The quantitative estimate of drug-likeness (QED) is 0.640. The Labute approximate surface area is 110 Å². The molecule has 2 amide bonds. The van der Waals surface area contributed by atoms with Crippen molar-refractivity contribution in [2.24, 2.45) is 0 Å². The van der Waals surface area contributed by atoms with Crippen molar-refractivity contribution in [1.82, 2.24) is 5.06 Å². The first-order chi connectivity index (χ1) is 9.06. The second kappa shape index (κ2) is 5.51. The van der Waals surface area contributed by atoms with E-state index in [1.165, 1.54) is 0 Å². The summed E-state index contributed by atoms with van der Waals surface area (Å²) >= 11 is 0. The lowest BCUT2D eigenvalue weighted by Gasteiger charge is -2.12. The number of nitrogen functional groups attached to an aromatic ring is 1. The summed E-state index contributed by atoms with van der Waals surface area (Å²) in [7, 11) is 0. The van der Waals surface area contributed by atoms with E-state index in [4.69, 9.17) is 10.6 Å². The average Bonchev–Trinajstić information content (AvgIpc) is 2.70. The Morgan fingerprint density at radius 1 is 1.16 bits per heavy atom. The van der Waals surface area contributed by atoms with Crippen LogP contribution < -0.4 is 5.73 Å². The zero-order valence-corrected chi connectivity index (χ0v) is 10.3. The monoisotopic (exact) mass is 262 g/mol.